The van der Waals surface area contributed by atoms with Crippen molar-refractivity contribution in [1.29, 1.82) is 0 Å². The molecule has 1 aliphatic rings. The van der Waals surface area contributed by atoms with Crippen molar-refractivity contribution in [2.45, 2.75) is 37.0 Å². The van der Waals surface area contributed by atoms with E-state index in [-0.39, 0.29) is 23.5 Å². The van der Waals surface area contributed by atoms with Crippen LogP contribution in [0.15, 0.2) is 47.4 Å². The minimum atomic E-state index is -0.132. The molecule has 30 heavy (non-hydrogen) atoms. The van der Waals surface area contributed by atoms with E-state index in [2.05, 4.69) is 10.6 Å². The van der Waals surface area contributed by atoms with Gasteiger partial charge in [0.05, 0.1) is 20.0 Å². The number of anilines is 2. The molecule has 3 rings (SSSR count). The summed E-state index contributed by atoms with van der Waals surface area (Å²) in [4.78, 5) is 25.7. The molecule has 0 heterocycles. The van der Waals surface area contributed by atoms with E-state index >= 15 is 0 Å². The van der Waals surface area contributed by atoms with Crippen LogP contribution in [0.2, 0.25) is 0 Å². The molecule has 1 aliphatic carbocycles. The number of nitrogens with one attached hydrogen (secondary N) is 2. The maximum Gasteiger partial charge on any atom is 0.234 e. The Morgan fingerprint density at radius 1 is 0.933 bits per heavy atom. The van der Waals surface area contributed by atoms with Crippen LogP contribution in [0.3, 0.4) is 0 Å². The van der Waals surface area contributed by atoms with Crippen LogP contribution in [0, 0.1) is 5.92 Å². The fraction of sp³-hybridized carbons (Fsp3) is 0.391. The Morgan fingerprint density at radius 3 is 2.30 bits per heavy atom. The van der Waals surface area contributed by atoms with Crippen molar-refractivity contribution >= 4 is 35.0 Å². The lowest BCUT2D eigenvalue weighted by atomic mass is 9.88. The van der Waals surface area contributed by atoms with Crippen LogP contribution in [-0.4, -0.2) is 31.8 Å². The molecule has 0 unspecified atom stereocenters. The predicted octanol–water partition coefficient (Wildman–Crippen LogP) is 4.95. The summed E-state index contributed by atoms with van der Waals surface area (Å²) < 4.78 is 10.5. The SMILES string of the molecule is COc1cc(NC(=O)CSc2cccc(NC(=O)C3CCCCC3)c2)cc(OC)c1. The molecule has 0 spiro atoms. The molecule has 1 fully saturated rings. The molecule has 0 bridgehead atoms. The molecule has 0 aromatic heterocycles. The first-order valence-corrected chi connectivity index (χ1v) is 11.1. The Bertz CT molecular complexity index is 859. The summed E-state index contributed by atoms with van der Waals surface area (Å²) in [6, 6.07) is 12.9. The van der Waals surface area contributed by atoms with Gasteiger partial charge in [0.25, 0.3) is 0 Å². The van der Waals surface area contributed by atoms with Crippen molar-refractivity contribution < 1.29 is 19.1 Å². The largest absolute Gasteiger partial charge is 0.497 e. The summed E-state index contributed by atoms with van der Waals surface area (Å²) in [5, 5.41) is 5.89. The molecule has 1 saturated carbocycles. The van der Waals surface area contributed by atoms with Gasteiger partial charge >= 0.3 is 0 Å². The fourth-order valence-corrected chi connectivity index (χ4v) is 4.25. The van der Waals surface area contributed by atoms with Crippen LogP contribution in [-0.2, 0) is 9.59 Å². The number of hydrogen-bond acceptors (Lipinski definition) is 5. The molecule has 2 aromatic rings. The quantitative estimate of drug-likeness (QED) is 0.582. The number of thioether (sulfide) groups is 1. The fourth-order valence-electron chi connectivity index (χ4n) is 3.50. The Labute approximate surface area is 181 Å². The predicted molar refractivity (Wildman–Crippen MR) is 121 cm³/mol. The summed E-state index contributed by atoms with van der Waals surface area (Å²) >= 11 is 1.42. The Kier molecular flexibility index (Phi) is 8.02. The molecule has 6 nitrogen and oxygen atoms in total. The third-order valence-corrected chi connectivity index (χ3v) is 6.08. The number of amides is 2. The average molecular weight is 429 g/mol. The van der Waals surface area contributed by atoms with Gasteiger partial charge in [0, 0.05) is 40.4 Å². The average Bonchev–Trinajstić information content (AvgIpc) is 2.78. The van der Waals surface area contributed by atoms with Gasteiger partial charge in [0.15, 0.2) is 0 Å². The second kappa shape index (κ2) is 10.9. The van der Waals surface area contributed by atoms with Crippen LogP contribution >= 0.6 is 11.8 Å². The van der Waals surface area contributed by atoms with Gasteiger partial charge in [0.1, 0.15) is 11.5 Å². The molecule has 2 aromatic carbocycles. The summed E-state index contributed by atoms with van der Waals surface area (Å²) in [6.07, 6.45) is 5.41. The maximum absolute atomic E-state index is 12.5. The van der Waals surface area contributed by atoms with Crippen LogP contribution in [0.25, 0.3) is 0 Å². The zero-order valence-corrected chi connectivity index (χ0v) is 18.2. The second-order valence-corrected chi connectivity index (χ2v) is 8.34. The number of ether oxygens (including phenoxy) is 2. The maximum atomic E-state index is 12.5. The minimum Gasteiger partial charge on any atom is -0.497 e. The monoisotopic (exact) mass is 428 g/mol. The first-order chi connectivity index (χ1) is 14.6. The zero-order chi connectivity index (χ0) is 21.3. The molecular formula is C23H28N2O4S. The van der Waals surface area contributed by atoms with Gasteiger partial charge in [-0.25, -0.2) is 0 Å². The van der Waals surface area contributed by atoms with E-state index in [0.717, 1.165) is 36.3 Å². The van der Waals surface area contributed by atoms with Crippen LogP contribution in [0.5, 0.6) is 11.5 Å². The van der Waals surface area contributed by atoms with E-state index in [9.17, 15) is 9.59 Å². The van der Waals surface area contributed by atoms with E-state index < -0.39 is 0 Å². The van der Waals surface area contributed by atoms with Crippen molar-refractivity contribution in [3.8, 4) is 11.5 Å². The number of hydrogen-bond donors (Lipinski definition) is 2. The van der Waals surface area contributed by atoms with Gasteiger partial charge in [-0.15, -0.1) is 11.8 Å². The Hall–Kier alpha value is -2.67. The van der Waals surface area contributed by atoms with E-state index in [4.69, 9.17) is 9.47 Å². The van der Waals surface area contributed by atoms with Crippen LogP contribution < -0.4 is 20.1 Å². The van der Waals surface area contributed by atoms with E-state index in [1.165, 1.54) is 18.2 Å². The summed E-state index contributed by atoms with van der Waals surface area (Å²) in [7, 11) is 3.13. The third-order valence-electron chi connectivity index (χ3n) is 5.08. The molecule has 0 radical (unpaired) electrons. The van der Waals surface area contributed by atoms with Gasteiger partial charge in [-0.3, -0.25) is 9.59 Å². The number of carbonyl (C=O) groups is 2. The van der Waals surface area contributed by atoms with Gasteiger partial charge in [-0.05, 0) is 31.0 Å². The van der Waals surface area contributed by atoms with Crippen molar-refractivity contribution in [2.75, 3.05) is 30.6 Å². The standard InChI is InChI=1S/C23H28N2O4S/c1-28-19-11-18(12-20(14-19)29-2)24-22(26)15-30-21-10-6-9-17(13-21)25-23(27)16-7-4-3-5-8-16/h6,9-14,16H,3-5,7-8,15H2,1-2H3,(H,24,26)(H,25,27). The highest BCUT2D eigenvalue weighted by atomic mass is 32.2. The smallest absolute Gasteiger partial charge is 0.234 e. The number of benzene rings is 2. The molecule has 7 heteroatoms. The zero-order valence-electron chi connectivity index (χ0n) is 17.4. The summed E-state index contributed by atoms with van der Waals surface area (Å²) in [5.41, 5.74) is 1.39. The highest BCUT2D eigenvalue weighted by molar-refractivity contribution is 8.00. The molecule has 2 N–H and O–H groups in total. The van der Waals surface area contributed by atoms with Crippen molar-refractivity contribution in [3.05, 3.63) is 42.5 Å². The lowest BCUT2D eigenvalue weighted by Crippen LogP contribution is -2.24. The highest BCUT2D eigenvalue weighted by Gasteiger charge is 2.21. The van der Waals surface area contributed by atoms with Gasteiger partial charge in [-0.1, -0.05) is 25.3 Å². The van der Waals surface area contributed by atoms with Gasteiger partial charge in [-0.2, -0.15) is 0 Å². The molecule has 0 saturated heterocycles. The Balaban J connectivity index is 1.53. The lowest BCUT2D eigenvalue weighted by Gasteiger charge is -2.20. The van der Waals surface area contributed by atoms with E-state index in [0.29, 0.717) is 17.2 Å². The highest BCUT2D eigenvalue weighted by Crippen LogP contribution is 2.28. The van der Waals surface area contributed by atoms with Crippen LogP contribution in [0.1, 0.15) is 32.1 Å². The Morgan fingerprint density at radius 2 is 1.63 bits per heavy atom. The first-order valence-electron chi connectivity index (χ1n) is 10.1. The molecule has 0 atom stereocenters. The topological polar surface area (TPSA) is 76.7 Å². The molecule has 0 aliphatic heterocycles. The molecular weight excluding hydrogens is 400 g/mol. The van der Waals surface area contributed by atoms with E-state index in [1.807, 2.05) is 24.3 Å². The van der Waals surface area contributed by atoms with Crippen molar-refractivity contribution in [1.82, 2.24) is 0 Å². The van der Waals surface area contributed by atoms with E-state index in [1.54, 1.807) is 32.4 Å². The number of rotatable bonds is 8. The number of methoxy groups -OCH3 is 2. The van der Waals surface area contributed by atoms with Crippen molar-refractivity contribution in [3.63, 3.8) is 0 Å². The van der Waals surface area contributed by atoms with Gasteiger partial charge < -0.3 is 20.1 Å². The minimum absolute atomic E-state index is 0.0987. The third kappa shape index (κ3) is 6.42. The lowest BCUT2D eigenvalue weighted by molar-refractivity contribution is -0.120. The van der Waals surface area contributed by atoms with Gasteiger partial charge in [0.2, 0.25) is 11.8 Å². The second-order valence-electron chi connectivity index (χ2n) is 7.29. The molecule has 160 valence electrons. The normalized spacial score (nSPS) is 14.1. The van der Waals surface area contributed by atoms with Crippen LogP contribution in [0.4, 0.5) is 11.4 Å². The summed E-state index contributed by atoms with van der Waals surface area (Å²) in [6.45, 7) is 0. The first kappa shape index (κ1) is 22.0. The summed E-state index contributed by atoms with van der Waals surface area (Å²) in [5.74, 6) is 1.55. The molecule has 2 amide bonds. The van der Waals surface area contributed by atoms with Crippen molar-refractivity contribution in [2.24, 2.45) is 5.92 Å². The number of carbonyl (C=O) groups excluding carboxylic acids is 2.